The van der Waals surface area contributed by atoms with Crippen molar-refractivity contribution >= 4 is 35.1 Å². The number of ether oxygens (including phenoxy) is 1. The molecule has 1 aliphatic heterocycles. The molecule has 1 heterocycles. The first-order valence-corrected chi connectivity index (χ1v) is 8.23. The maximum absolute atomic E-state index is 6.10. The van der Waals surface area contributed by atoms with Crippen LogP contribution in [-0.2, 0) is 4.74 Å². The van der Waals surface area contributed by atoms with Crippen molar-refractivity contribution in [2.45, 2.75) is 6.10 Å². The van der Waals surface area contributed by atoms with Gasteiger partial charge in [0.2, 0.25) is 0 Å². The standard InChI is InChI=1S/C13H18Cl2N2OS/c1-19-17-8-10-7-16-4-5-18-13(10)9-2-3-11(14)12(15)6-9/h2-3,6,10,13,16-17H,4-5,7-8H2,1H3. The Morgan fingerprint density at radius 3 is 3.00 bits per heavy atom. The van der Waals surface area contributed by atoms with E-state index in [-0.39, 0.29) is 6.10 Å². The lowest BCUT2D eigenvalue weighted by Gasteiger charge is -2.25. The van der Waals surface area contributed by atoms with E-state index in [1.807, 2.05) is 24.5 Å². The molecule has 1 aliphatic rings. The van der Waals surface area contributed by atoms with E-state index in [9.17, 15) is 0 Å². The zero-order valence-corrected chi connectivity index (χ0v) is 13.1. The van der Waals surface area contributed by atoms with Crippen LogP contribution in [0.4, 0.5) is 0 Å². The monoisotopic (exact) mass is 320 g/mol. The van der Waals surface area contributed by atoms with Crippen LogP contribution in [-0.4, -0.2) is 32.5 Å². The molecule has 2 N–H and O–H groups in total. The van der Waals surface area contributed by atoms with Gasteiger partial charge in [0.1, 0.15) is 0 Å². The Balaban J connectivity index is 2.18. The number of rotatable bonds is 4. The average molecular weight is 321 g/mol. The smallest absolute Gasteiger partial charge is 0.0878 e. The van der Waals surface area contributed by atoms with Crippen molar-refractivity contribution in [3.8, 4) is 0 Å². The van der Waals surface area contributed by atoms with Crippen LogP contribution in [0.25, 0.3) is 0 Å². The molecular formula is C13H18Cl2N2OS. The molecule has 0 aliphatic carbocycles. The fraction of sp³-hybridized carbons (Fsp3) is 0.538. The normalized spacial score (nSPS) is 24.2. The number of halogens is 2. The van der Waals surface area contributed by atoms with Crippen LogP contribution in [0.1, 0.15) is 11.7 Å². The van der Waals surface area contributed by atoms with E-state index >= 15 is 0 Å². The first-order chi connectivity index (χ1) is 9.22. The summed E-state index contributed by atoms with van der Waals surface area (Å²) in [6, 6.07) is 5.74. The quantitative estimate of drug-likeness (QED) is 0.835. The third-order valence-corrected chi connectivity index (χ3v) is 4.37. The predicted molar refractivity (Wildman–Crippen MR) is 83.0 cm³/mol. The van der Waals surface area contributed by atoms with Crippen LogP contribution in [0.3, 0.4) is 0 Å². The van der Waals surface area contributed by atoms with Gasteiger partial charge in [-0.15, -0.1) is 0 Å². The van der Waals surface area contributed by atoms with E-state index in [2.05, 4.69) is 10.0 Å². The molecule has 2 unspecified atom stereocenters. The van der Waals surface area contributed by atoms with Gasteiger partial charge in [-0.25, -0.2) is 0 Å². The second-order valence-electron chi connectivity index (χ2n) is 4.48. The Labute approximate surface area is 128 Å². The van der Waals surface area contributed by atoms with E-state index in [4.69, 9.17) is 27.9 Å². The second-order valence-corrected chi connectivity index (χ2v) is 5.99. The summed E-state index contributed by atoms with van der Waals surface area (Å²) < 4.78 is 9.29. The van der Waals surface area contributed by atoms with Crippen molar-refractivity contribution in [1.29, 1.82) is 0 Å². The fourth-order valence-electron chi connectivity index (χ4n) is 2.22. The SMILES string of the molecule is CSNCC1CNCCOC1c1ccc(Cl)c(Cl)c1. The van der Waals surface area contributed by atoms with Gasteiger partial charge in [0.15, 0.2) is 0 Å². The molecule has 0 amide bonds. The van der Waals surface area contributed by atoms with Gasteiger partial charge in [-0.3, -0.25) is 4.72 Å². The molecule has 6 heteroatoms. The molecule has 0 radical (unpaired) electrons. The third kappa shape index (κ3) is 4.25. The number of nitrogens with one attached hydrogen (secondary N) is 2. The lowest BCUT2D eigenvalue weighted by atomic mass is 9.95. The zero-order valence-electron chi connectivity index (χ0n) is 10.8. The molecule has 2 rings (SSSR count). The van der Waals surface area contributed by atoms with Gasteiger partial charge in [-0.2, -0.15) is 0 Å². The summed E-state index contributed by atoms with van der Waals surface area (Å²) in [6.07, 6.45) is 2.07. The largest absolute Gasteiger partial charge is 0.372 e. The summed E-state index contributed by atoms with van der Waals surface area (Å²) in [5.74, 6) is 0.368. The number of hydrogen-bond acceptors (Lipinski definition) is 4. The molecule has 2 atom stereocenters. The minimum absolute atomic E-state index is 0.0458. The van der Waals surface area contributed by atoms with Crippen LogP contribution < -0.4 is 10.0 Å². The van der Waals surface area contributed by atoms with Crippen LogP contribution in [0.2, 0.25) is 10.0 Å². The van der Waals surface area contributed by atoms with E-state index in [1.54, 1.807) is 11.9 Å². The number of hydrogen-bond donors (Lipinski definition) is 2. The van der Waals surface area contributed by atoms with Crippen molar-refractivity contribution in [1.82, 2.24) is 10.0 Å². The van der Waals surface area contributed by atoms with Crippen molar-refractivity contribution in [3.05, 3.63) is 33.8 Å². The van der Waals surface area contributed by atoms with Crippen LogP contribution in [0.5, 0.6) is 0 Å². The Morgan fingerprint density at radius 2 is 2.26 bits per heavy atom. The molecule has 1 fully saturated rings. The Bertz CT molecular complexity index is 420. The van der Waals surface area contributed by atoms with E-state index in [0.717, 1.165) is 25.2 Å². The molecule has 0 aromatic heterocycles. The van der Waals surface area contributed by atoms with Crippen molar-refractivity contribution in [3.63, 3.8) is 0 Å². The van der Waals surface area contributed by atoms with Gasteiger partial charge in [0.05, 0.1) is 22.8 Å². The number of benzene rings is 1. The van der Waals surface area contributed by atoms with E-state index < -0.39 is 0 Å². The Morgan fingerprint density at radius 1 is 1.42 bits per heavy atom. The van der Waals surface area contributed by atoms with Crippen LogP contribution >= 0.6 is 35.1 Å². The first kappa shape index (κ1) is 15.4. The van der Waals surface area contributed by atoms with Crippen LogP contribution in [0, 0.1) is 5.92 Å². The van der Waals surface area contributed by atoms with Gasteiger partial charge in [-0.1, -0.05) is 41.2 Å². The van der Waals surface area contributed by atoms with E-state index in [1.165, 1.54) is 0 Å². The topological polar surface area (TPSA) is 33.3 Å². The molecule has 3 nitrogen and oxygen atoms in total. The lowest BCUT2D eigenvalue weighted by molar-refractivity contribution is 0.0324. The molecule has 19 heavy (non-hydrogen) atoms. The zero-order chi connectivity index (χ0) is 13.7. The maximum Gasteiger partial charge on any atom is 0.0878 e. The Hall–Kier alpha value is 0.0300. The first-order valence-electron chi connectivity index (χ1n) is 6.25. The minimum Gasteiger partial charge on any atom is -0.372 e. The third-order valence-electron chi connectivity index (χ3n) is 3.17. The summed E-state index contributed by atoms with van der Waals surface area (Å²) in [5, 5.41) is 4.56. The minimum atomic E-state index is 0.0458. The van der Waals surface area contributed by atoms with Gasteiger partial charge >= 0.3 is 0 Å². The molecule has 1 aromatic carbocycles. The predicted octanol–water partition coefficient (Wildman–Crippen LogP) is 3.14. The van der Waals surface area contributed by atoms with Gasteiger partial charge in [0, 0.05) is 25.6 Å². The second kappa shape index (κ2) is 7.72. The van der Waals surface area contributed by atoms with Crippen molar-refractivity contribution < 1.29 is 4.74 Å². The van der Waals surface area contributed by atoms with E-state index in [0.29, 0.717) is 22.6 Å². The maximum atomic E-state index is 6.10. The molecule has 1 saturated heterocycles. The Kier molecular flexibility index (Phi) is 6.26. The molecule has 0 saturated carbocycles. The summed E-state index contributed by atoms with van der Waals surface area (Å²) in [7, 11) is 0. The van der Waals surface area contributed by atoms with Crippen molar-refractivity contribution in [2.24, 2.45) is 5.92 Å². The summed E-state index contributed by atoms with van der Waals surface area (Å²) >= 11 is 13.7. The summed E-state index contributed by atoms with van der Waals surface area (Å²) in [4.78, 5) is 0. The summed E-state index contributed by atoms with van der Waals surface area (Å²) in [6.45, 7) is 3.41. The molecular weight excluding hydrogens is 303 g/mol. The van der Waals surface area contributed by atoms with Crippen molar-refractivity contribution in [2.75, 3.05) is 32.5 Å². The van der Waals surface area contributed by atoms with Gasteiger partial charge in [0.25, 0.3) is 0 Å². The van der Waals surface area contributed by atoms with Crippen LogP contribution in [0.15, 0.2) is 18.2 Å². The molecule has 0 spiro atoms. The fourth-order valence-corrected chi connectivity index (χ4v) is 2.90. The molecule has 106 valence electrons. The highest BCUT2D eigenvalue weighted by Gasteiger charge is 2.26. The average Bonchev–Trinajstić information content (AvgIpc) is 2.65. The lowest BCUT2D eigenvalue weighted by Crippen LogP contribution is -2.31. The van der Waals surface area contributed by atoms with Gasteiger partial charge < -0.3 is 10.1 Å². The highest BCUT2D eigenvalue weighted by atomic mass is 35.5. The van der Waals surface area contributed by atoms with Gasteiger partial charge in [-0.05, 0) is 24.0 Å². The summed E-state index contributed by atoms with van der Waals surface area (Å²) in [5.41, 5.74) is 1.09. The molecule has 0 bridgehead atoms. The molecule has 1 aromatic rings. The highest BCUT2D eigenvalue weighted by Crippen LogP contribution is 2.31. The highest BCUT2D eigenvalue weighted by molar-refractivity contribution is 7.96.